The molecule has 3 fully saturated rings. The number of carbonyl (C=O) groups excluding carboxylic acids is 3. The Morgan fingerprint density at radius 3 is 2.41 bits per heavy atom. The second kappa shape index (κ2) is 13.3. The second-order valence-electron chi connectivity index (χ2n) is 12.5. The van der Waals surface area contributed by atoms with Gasteiger partial charge < -0.3 is 19.8 Å². The van der Waals surface area contributed by atoms with E-state index in [1.54, 1.807) is 38.6 Å². The van der Waals surface area contributed by atoms with Gasteiger partial charge in [-0.2, -0.15) is 0 Å². The molecule has 2 bridgehead atoms. The van der Waals surface area contributed by atoms with Crippen molar-refractivity contribution in [3.63, 3.8) is 0 Å². The van der Waals surface area contributed by atoms with E-state index < -0.39 is 22.6 Å². The minimum Gasteiger partial charge on any atom is -0.396 e. The number of aryl methyl sites for hydroxylation is 2. The summed E-state index contributed by atoms with van der Waals surface area (Å²) in [5.41, 5.74) is 3.62. The fourth-order valence-electron chi connectivity index (χ4n) is 7.73. The minimum absolute atomic E-state index is 0.0529. The van der Waals surface area contributed by atoms with E-state index in [0.29, 0.717) is 32.5 Å². The molecule has 1 spiro atoms. The van der Waals surface area contributed by atoms with Crippen LogP contribution in [0.15, 0.2) is 73.8 Å². The van der Waals surface area contributed by atoms with Gasteiger partial charge in [-0.15, -0.1) is 24.9 Å². The Bertz CT molecular complexity index is 1410. The van der Waals surface area contributed by atoms with Gasteiger partial charge in [0, 0.05) is 42.9 Å². The number of carbonyl (C=O) groups is 3. The molecule has 2 aromatic carbocycles. The summed E-state index contributed by atoms with van der Waals surface area (Å²) in [6, 6.07) is 14.9. The van der Waals surface area contributed by atoms with Crippen LogP contribution in [0.25, 0.3) is 0 Å². The lowest BCUT2D eigenvalue weighted by molar-refractivity contribution is -0.139. The summed E-state index contributed by atoms with van der Waals surface area (Å²) in [6.45, 7) is 15.2. The summed E-state index contributed by atoms with van der Waals surface area (Å²) in [6.07, 6.45) is 6.30. The topological polar surface area (TPSA) is 81.2 Å². The third-order valence-electron chi connectivity index (χ3n) is 9.70. The number of amides is 3. The normalized spacial score (nSPS) is 26.9. The fourth-order valence-corrected chi connectivity index (χ4v) is 10.1. The lowest BCUT2D eigenvalue weighted by Crippen LogP contribution is -2.58. The number of fused-ring (bicyclic) bond motifs is 1. The maximum Gasteiger partial charge on any atom is 0.251 e. The number of benzene rings is 2. The number of nitrogens with zero attached hydrogens (tertiary/aromatic N) is 3. The maximum absolute atomic E-state index is 15.0. The highest BCUT2D eigenvalue weighted by Crippen LogP contribution is 2.69. The third kappa shape index (κ3) is 5.40. The molecule has 8 heteroatoms. The summed E-state index contributed by atoms with van der Waals surface area (Å²) < 4.78 is -0.718. The molecular formula is C36H45N3O4S. The summed E-state index contributed by atoms with van der Waals surface area (Å²) >= 11 is 1.70. The molecule has 3 heterocycles. The molecule has 3 amide bonds. The molecule has 5 rings (SSSR count). The number of hydrogen-bond donors (Lipinski definition) is 1. The van der Waals surface area contributed by atoms with Crippen LogP contribution in [0.1, 0.15) is 43.7 Å². The first kappa shape index (κ1) is 32.0. The number of aliphatic hydroxyl groups excluding tert-OH is 1. The number of likely N-dealkylation sites (tertiary alicyclic amines) is 1. The average molecular weight is 616 g/mol. The first-order valence-electron chi connectivity index (χ1n) is 15.8. The molecule has 1 N–H and O–H groups in total. The number of hydrogen-bond acceptors (Lipinski definition) is 5. The minimum atomic E-state index is -0.718. The summed E-state index contributed by atoms with van der Waals surface area (Å²) in [7, 11) is 0. The third-order valence-corrected chi connectivity index (χ3v) is 11.8. The SMILES string of the molecule is C=CCN(C(=O)[C@@H]1[C@H]2C(=O)N(CCCCCO)C(C(=O)N(CC=C)c3cc(C)ccc3C)C23S[C@@H]1CC3C)c1ccccc1. The van der Waals surface area contributed by atoms with Crippen LogP contribution in [-0.2, 0) is 14.4 Å². The van der Waals surface area contributed by atoms with Crippen molar-refractivity contribution in [2.24, 2.45) is 17.8 Å². The van der Waals surface area contributed by atoms with E-state index in [4.69, 9.17) is 0 Å². The van der Waals surface area contributed by atoms with Gasteiger partial charge >= 0.3 is 0 Å². The van der Waals surface area contributed by atoms with Gasteiger partial charge in [0.05, 0.1) is 16.6 Å². The summed E-state index contributed by atoms with van der Waals surface area (Å²) in [5, 5.41) is 9.34. The van der Waals surface area contributed by atoms with Crippen LogP contribution in [0.5, 0.6) is 0 Å². The highest BCUT2D eigenvalue weighted by Gasteiger charge is 2.76. The Morgan fingerprint density at radius 2 is 1.73 bits per heavy atom. The highest BCUT2D eigenvalue weighted by atomic mass is 32.2. The maximum atomic E-state index is 15.0. The molecule has 234 valence electrons. The highest BCUT2D eigenvalue weighted by molar-refractivity contribution is 8.02. The molecule has 44 heavy (non-hydrogen) atoms. The van der Waals surface area contributed by atoms with Crippen molar-refractivity contribution in [3.8, 4) is 0 Å². The Kier molecular flexibility index (Phi) is 9.71. The van der Waals surface area contributed by atoms with E-state index in [1.807, 2.05) is 62.4 Å². The van der Waals surface area contributed by atoms with E-state index in [9.17, 15) is 19.5 Å². The molecule has 0 aliphatic carbocycles. The smallest absolute Gasteiger partial charge is 0.251 e. The van der Waals surface area contributed by atoms with Crippen LogP contribution in [0.4, 0.5) is 11.4 Å². The van der Waals surface area contributed by atoms with Crippen molar-refractivity contribution >= 4 is 40.9 Å². The Balaban J connectivity index is 1.59. The van der Waals surface area contributed by atoms with Crippen LogP contribution in [0, 0.1) is 31.6 Å². The Hall–Kier alpha value is -3.36. The molecule has 3 saturated heterocycles. The Morgan fingerprint density at radius 1 is 1.02 bits per heavy atom. The lowest BCUT2D eigenvalue weighted by atomic mass is 9.65. The number of para-hydroxylation sites is 1. The molecule has 0 aromatic heterocycles. The van der Waals surface area contributed by atoms with Gasteiger partial charge in [-0.1, -0.05) is 49.4 Å². The average Bonchev–Trinajstić information content (AvgIpc) is 3.61. The Labute approximate surface area is 266 Å². The van der Waals surface area contributed by atoms with Crippen LogP contribution >= 0.6 is 11.8 Å². The van der Waals surface area contributed by atoms with Crippen molar-refractivity contribution in [1.82, 2.24) is 4.90 Å². The first-order chi connectivity index (χ1) is 21.2. The van der Waals surface area contributed by atoms with E-state index in [-0.39, 0.29) is 35.5 Å². The van der Waals surface area contributed by atoms with Crippen molar-refractivity contribution in [2.75, 3.05) is 36.0 Å². The van der Waals surface area contributed by atoms with E-state index in [1.165, 1.54) is 0 Å². The molecule has 6 atom stereocenters. The molecule has 2 aromatic rings. The van der Waals surface area contributed by atoms with Crippen molar-refractivity contribution in [1.29, 1.82) is 0 Å². The van der Waals surface area contributed by atoms with Gasteiger partial charge in [-0.05, 0) is 74.8 Å². The van der Waals surface area contributed by atoms with Crippen LogP contribution in [-0.4, -0.2) is 70.0 Å². The van der Waals surface area contributed by atoms with E-state index in [0.717, 1.165) is 35.3 Å². The van der Waals surface area contributed by atoms with Crippen LogP contribution in [0.2, 0.25) is 0 Å². The van der Waals surface area contributed by atoms with Crippen LogP contribution < -0.4 is 9.80 Å². The van der Waals surface area contributed by atoms with Crippen molar-refractivity contribution in [2.45, 2.75) is 62.5 Å². The summed E-state index contributed by atoms with van der Waals surface area (Å²) in [5.74, 6) is -1.35. The number of thioether (sulfide) groups is 1. The van der Waals surface area contributed by atoms with Gasteiger partial charge in [0.2, 0.25) is 11.8 Å². The van der Waals surface area contributed by atoms with Gasteiger partial charge in [-0.3, -0.25) is 14.4 Å². The largest absolute Gasteiger partial charge is 0.396 e. The van der Waals surface area contributed by atoms with Crippen molar-refractivity contribution in [3.05, 3.63) is 85.0 Å². The number of rotatable bonds is 13. The summed E-state index contributed by atoms with van der Waals surface area (Å²) in [4.78, 5) is 49.4. The predicted octanol–water partition coefficient (Wildman–Crippen LogP) is 5.54. The zero-order chi connectivity index (χ0) is 31.6. The van der Waals surface area contributed by atoms with Crippen molar-refractivity contribution < 1.29 is 19.5 Å². The van der Waals surface area contributed by atoms with E-state index in [2.05, 4.69) is 20.1 Å². The molecule has 3 aliphatic heterocycles. The lowest BCUT2D eigenvalue weighted by Gasteiger charge is -2.41. The van der Waals surface area contributed by atoms with Crippen LogP contribution in [0.3, 0.4) is 0 Å². The van der Waals surface area contributed by atoms with Gasteiger partial charge in [0.25, 0.3) is 5.91 Å². The van der Waals surface area contributed by atoms with Gasteiger partial charge in [-0.25, -0.2) is 0 Å². The number of aliphatic hydroxyl groups is 1. The molecule has 0 saturated carbocycles. The zero-order valence-electron chi connectivity index (χ0n) is 26.2. The molecular weight excluding hydrogens is 570 g/mol. The molecule has 0 radical (unpaired) electrons. The second-order valence-corrected chi connectivity index (χ2v) is 14.0. The molecule has 3 unspecified atom stereocenters. The molecule has 3 aliphatic rings. The standard InChI is InChI=1S/C36H45N3O4S/c1-6-18-37(27-14-10-8-11-15-27)33(41)30-29-23-26(5)36(44-29)31(30)34(42)39(20-12-9-13-21-40)32(36)35(43)38(19-7-2)28-22-24(3)16-17-25(28)4/h6-8,10-11,14-17,22,26,29-32,40H,1-2,9,12-13,18-21,23H2,3-5H3/t26?,29-,30+,31+,32?,36?/m1/s1. The van der Waals surface area contributed by atoms with Gasteiger partial charge in [0.1, 0.15) is 6.04 Å². The quantitative estimate of drug-likeness (QED) is 0.236. The molecule has 7 nitrogen and oxygen atoms in total. The fraction of sp³-hybridized carbons (Fsp3) is 0.472. The predicted molar refractivity (Wildman–Crippen MR) is 179 cm³/mol. The first-order valence-corrected chi connectivity index (χ1v) is 16.6. The van der Waals surface area contributed by atoms with Gasteiger partial charge in [0.15, 0.2) is 0 Å². The van der Waals surface area contributed by atoms with E-state index >= 15 is 0 Å². The number of unbranched alkanes of at least 4 members (excludes halogenated alkanes) is 2. The zero-order valence-corrected chi connectivity index (χ0v) is 27.0. The monoisotopic (exact) mass is 615 g/mol. The number of anilines is 2.